The maximum Gasteiger partial charge on any atom is -0.0234 e. The van der Waals surface area contributed by atoms with Crippen molar-refractivity contribution in [2.75, 3.05) is 0 Å². The van der Waals surface area contributed by atoms with E-state index < -0.39 is 0 Å². The van der Waals surface area contributed by atoms with Crippen LogP contribution in [0.2, 0.25) is 0 Å². The standard InChI is InChI=1S/C11H20.C11H18.C10H16.C10H18.C8H14.3C7H12.C3H6.C3H8/c2*1-4-10-6-2-7-11(5-1)9-3-8-10;1-7-2-9-4-8(1)5-10(3-7)6-9;1-2-6-10-8-4-3-7-9(10)5-1;1-2-8-5-3-7(1)4-6-8;2*1-2-7-4-3-6(1)5-7;1-2-4-7-5-6(7)3-1;1-2-3-1;1-3-2/h10-11H,1-9H2;1,4,10-11H,2-3,5-9H2;7-10H,1-6H2;9-10H,1-8H2;7-8H,1-6H2;3*6-7H,1-5H2;1-3H2;3H2,1-2H3. The van der Waals surface area contributed by atoms with Crippen LogP contribution in [0, 0.1) is 107 Å². The molecule has 0 N–H and O–H groups in total. The summed E-state index contributed by atoms with van der Waals surface area (Å²) in [6.07, 6.45) is 89.6. The number of rotatable bonds is 0. The summed E-state index contributed by atoms with van der Waals surface area (Å²) in [7, 11) is 0. The van der Waals surface area contributed by atoms with Crippen LogP contribution in [-0.4, -0.2) is 0 Å². The second-order valence-corrected chi connectivity index (χ2v) is 32.2. The van der Waals surface area contributed by atoms with E-state index in [1.807, 2.05) is 0 Å². The summed E-state index contributed by atoms with van der Waals surface area (Å²) < 4.78 is 0. The molecule has 0 heterocycles. The highest BCUT2D eigenvalue weighted by Crippen LogP contribution is 2.54. The first-order valence-corrected chi connectivity index (χ1v) is 37.7. The first-order chi connectivity index (χ1) is 38.0. The molecule has 0 aromatic heterocycles. The molecule has 14 bridgehead atoms. The molecule has 0 saturated heterocycles. The van der Waals surface area contributed by atoms with Crippen molar-refractivity contribution in [3.8, 4) is 0 Å². The molecule has 2 atom stereocenters. The Morgan fingerprint density at radius 2 is 0.455 bits per heavy atom. The van der Waals surface area contributed by atoms with Crippen LogP contribution in [0.15, 0.2) is 12.2 Å². The van der Waals surface area contributed by atoms with Gasteiger partial charge in [0.1, 0.15) is 0 Å². The van der Waals surface area contributed by atoms with Gasteiger partial charge in [-0.2, -0.15) is 0 Å². The molecular formula is C77H136. The van der Waals surface area contributed by atoms with E-state index in [1.54, 1.807) is 225 Å². The van der Waals surface area contributed by atoms with Crippen molar-refractivity contribution in [2.45, 2.75) is 367 Å². The molecule has 0 aromatic rings. The van der Waals surface area contributed by atoms with Gasteiger partial charge in [-0.1, -0.05) is 302 Å². The summed E-state index contributed by atoms with van der Waals surface area (Å²) in [5.41, 5.74) is 0. The monoisotopic (exact) mass is 1060 g/mol. The Labute approximate surface area is 483 Å². The first-order valence-electron chi connectivity index (χ1n) is 37.7. The Morgan fingerprint density at radius 1 is 0.208 bits per heavy atom. The predicted molar refractivity (Wildman–Crippen MR) is 337 cm³/mol. The third-order valence-electron chi connectivity index (χ3n) is 25.4. The number of hydrogen-bond donors (Lipinski definition) is 0. The van der Waals surface area contributed by atoms with Crippen LogP contribution < -0.4 is 0 Å². The third kappa shape index (κ3) is 22.7. The minimum absolute atomic E-state index is 0.941. The van der Waals surface area contributed by atoms with Crippen molar-refractivity contribution >= 4 is 0 Å². The molecule has 0 aliphatic heterocycles. The van der Waals surface area contributed by atoms with Crippen molar-refractivity contribution in [2.24, 2.45) is 107 Å². The van der Waals surface area contributed by atoms with E-state index in [9.17, 15) is 0 Å². The molecule has 22 aliphatic carbocycles. The summed E-state index contributed by atoms with van der Waals surface area (Å²) in [6, 6.07) is 0. The highest BCUT2D eigenvalue weighted by molar-refractivity contribution is 4.95. The molecule has 77 heavy (non-hydrogen) atoms. The average Bonchev–Trinajstić information content (AvgIpc) is 4.27. The van der Waals surface area contributed by atoms with E-state index in [4.69, 9.17) is 0 Å². The summed E-state index contributed by atoms with van der Waals surface area (Å²) in [5.74, 6) is 20.6. The highest BCUT2D eigenvalue weighted by atomic mass is 14.5. The maximum absolute atomic E-state index is 2.48. The van der Waals surface area contributed by atoms with Crippen molar-refractivity contribution in [1.29, 1.82) is 0 Å². The second-order valence-electron chi connectivity index (χ2n) is 32.2. The topological polar surface area (TPSA) is 0 Å². The van der Waals surface area contributed by atoms with Gasteiger partial charge >= 0.3 is 0 Å². The molecule has 0 aromatic carbocycles. The van der Waals surface area contributed by atoms with Crippen molar-refractivity contribution < 1.29 is 0 Å². The SMILES string of the molecule is C1=CC2CCCC(C1)CCC2.C1C2CC3CC1CC(C2)C3.C1CC1.C1CC2CCC1C2.C1CC2CCC1C2.C1CC2CCC1CC2.C1CC2CCCC(C1)CCC2.C1CCC2CC2C1.C1CCC2CCCCC2C1.CCC. The summed E-state index contributed by atoms with van der Waals surface area (Å²) in [5, 5.41) is 0. The van der Waals surface area contributed by atoms with Crippen LogP contribution in [0.5, 0.6) is 0 Å². The van der Waals surface area contributed by atoms with Crippen LogP contribution in [0.4, 0.5) is 0 Å². The van der Waals surface area contributed by atoms with Crippen LogP contribution in [0.1, 0.15) is 367 Å². The molecular weight excluding hydrogens is 925 g/mol. The molecule has 0 nitrogen and oxygen atoms in total. The summed E-state index contributed by atoms with van der Waals surface area (Å²) in [4.78, 5) is 0. The van der Waals surface area contributed by atoms with Gasteiger partial charge in [0.25, 0.3) is 0 Å². The van der Waals surface area contributed by atoms with E-state index in [1.165, 1.54) is 188 Å². The van der Waals surface area contributed by atoms with Crippen molar-refractivity contribution in [3.63, 3.8) is 0 Å². The van der Waals surface area contributed by atoms with Gasteiger partial charge in [0.05, 0.1) is 0 Å². The quantitative estimate of drug-likeness (QED) is 0.212. The summed E-state index contributed by atoms with van der Waals surface area (Å²) in [6.45, 7) is 4.25. The molecule has 0 spiro atoms. The van der Waals surface area contributed by atoms with E-state index >= 15 is 0 Å². The minimum Gasteiger partial charge on any atom is -0.0880 e. The molecule has 20 fully saturated rings. The number of allylic oxidation sites excluding steroid dienone is 2. The van der Waals surface area contributed by atoms with Crippen LogP contribution >= 0.6 is 0 Å². The van der Waals surface area contributed by atoms with E-state index in [0.717, 1.165) is 47.3 Å². The Balaban J connectivity index is 0.000000106. The van der Waals surface area contributed by atoms with Crippen molar-refractivity contribution in [3.05, 3.63) is 12.2 Å². The smallest absolute Gasteiger partial charge is 0.0234 e. The van der Waals surface area contributed by atoms with Crippen LogP contribution in [0.25, 0.3) is 0 Å². The lowest BCUT2D eigenvalue weighted by Crippen LogP contribution is -2.38. The third-order valence-corrected chi connectivity index (χ3v) is 25.4. The van der Waals surface area contributed by atoms with Gasteiger partial charge in [0.2, 0.25) is 0 Å². The second kappa shape index (κ2) is 34.5. The van der Waals surface area contributed by atoms with Gasteiger partial charge in [-0.25, -0.2) is 0 Å². The molecule has 444 valence electrons. The molecule has 0 heteroatoms. The van der Waals surface area contributed by atoms with Gasteiger partial charge in [-0.15, -0.1) is 0 Å². The molecule has 20 saturated carbocycles. The minimum atomic E-state index is 0.941. The predicted octanol–water partition coefficient (Wildman–Crippen LogP) is 25.3. The number of fused-ring (bicyclic) bond motifs is 20. The zero-order valence-corrected chi connectivity index (χ0v) is 52.4. The van der Waals surface area contributed by atoms with Gasteiger partial charge in [-0.3, -0.25) is 0 Å². The highest BCUT2D eigenvalue weighted by Gasteiger charge is 2.42. The largest absolute Gasteiger partial charge is 0.0880 e. The Hall–Kier alpha value is -0.260. The van der Waals surface area contributed by atoms with Gasteiger partial charge in [-0.05, 0) is 184 Å². The molecule has 0 amide bonds. The molecule has 22 aliphatic rings. The Kier molecular flexibility index (Phi) is 27.5. The van der Waals surface area contributed by atoms with Crippen LogP contribution in [0.3, 0.4) is 0 Å². The lowest BCUT2D eigenvalue weighted by molar-refractivity contribution is 0.0198. The summed E-state index contributed by atoms with van der Waals surface area (Å²) >= 11 is 0. The maximum atomic E-state index is 2.48. The fourth-order valence-corrected chi connectivity index (χ4v) is 20.8. The lowest BCUT2D eigenvalue weighted by Gasteiger charge is -2.49. The normalized spacial score (nSPS) is 42.7. The first kappa shape index (κ1) is 61.3. The zero-order chi connectivity index (χ0) is 52.7. The van der Waals surface area contributed by atoms with Crippen LogP contribution in [-0.2, 0) is 0 Å². The lowest BCUT2D eigenvalue weighted by atomic mass is 9.56. The molecule has 2 unspecified atom stereocenters. The van der Waals surface area contributed by atoms with Gasteiger partial charge in [0.15, 0.2) is 0 Å². The van der Waals surface area contributed by atoms with E-state index in [-0.39, 0.29) is 0 Å². The van der Waals surface area contributed by atoms with E-state index in [0.29, 0.717) is 0 Å². The fourth-order valence-electron chi connectivity index (χ4n) is 20.8. The van der Waals surface area contributed by atoms with E-state index in [2.05, 4.69) is 26.0 Å². The average molecular weight is 1060 g/mol. The molecule has 22 rings (SSSR count). The van der Waals surface area contributed by atoms with Gasteiger partial charge < -0.3 is 0 Å². The fraction of sp³-hybridized carbons (Fsp3) is 0.974. The Morgan fingerprint density at radius 3 is 0.714 bits per heavy atom. The number of hydrogen-bond acceptors (Lipinski definition) is 0. The zero-order valence-electron chi connectivity index (χ0n) is 52.4. The Bertz CT molecular complexity index is 1320. The van der Waals surface area contributed by atoms with Crippen molar-refractivity contribution in [1.82, 2.24) is 0 Å². The van der Waals surface area contributed by atoms with Gasteiger partial charge in [0, 0.05) is 0 Å². The molecule has 0 radical (unpaired) electrons.